The molecular formula is C23H25N2O+. The van der Waals surface area contributed by atoms with Crippen molar-refractivity contribution in [2.75, 3.05) is 11.9 Å². The molecule has 0 spiro atoms. The molecule has 1 amide bonds. The zero-order valence-corrected chi connectivity index (χ0v) is 15.3. The third kappa shape index (κ3) is 4.58. The lowest BCUT2D eigenvalue weighted by Crippen LogP contribution is -2.87. The van der Waals surface area contributed by atoms with Crippen molar-refractivity contribution in [2.45, 2.75) is 19.9 Å². The summed E-state index contributed by atoms with van der Waals surface area (Å²) < 4.78 is 0. The van der Waals surface area contributed by atoms with E-state index in [0.717, 1.165) is 16.8 Å². The minimum atomic E-state index is 0.00978. The number of carbonyl (C=O) groups is 1. The number of benzene rings is 3. The molecule has 26 heavy (non-hydrogen) atoms. The lowest BCUT2D eigenvalue weighted by molar-refractivity contribution is -0.676. The van der Waals surface area contributed by atoms with Gasteiger partial charge in [0.15, 0.2) is 6.54 Å². The van der Waals surface area contributed by atoms with E-state index in [1.165, 1.54) is 11.1 Å². The molecule has 0 saturated heterocycles. The van der Waals surface area contributed by atoms with Crippen LogP contribution >= 0.6 is 0 Å². The predicted molar refractivity (Wildman–Crippen MR) is 106 cm³/mol. The van der Waals surface area contributed by atoms with Crippen LogP contribution in [-0.2, 0) is 4.79 Å². The van der Waals surface area contributed by atoms with Crippen LogP contribution in [-0.4, -0.2) is 12.5 Å². The van der Waals surface area contributed by atoms with Gasteiger partial charge in [0.05, 0.1) is 0 Å². The summed E-state index contributed by atoms with van der Waals surface area (Å²) >= 11 is 0. The second kappa shape index (κ2) is 8.45. The molecule has 3 heteroatoms. The highest BCUT2D eigenvalue weighted by Crippen LogP contribution is 2.18. The molecule has 0 aliphatic heterocycles. The molecule has 3 aromatic carbocycles. The number of carbonyl (C=O) groups excluding carboxylic acids is 1. The largest absolute Gasteiger partial charge is 0.328 e. The van der Waals surface area contributed by atoms with Gasteiger partial charge in [-0.3, -0.25) is 4.79 Å². The van der Waals surface area contributed by atoms with Crippen molar-refractivity contribution in [1.29, 1.82) is 0 Å². The monoisotopic (exact) mass is 345 g/mol. The quantitative estimate of drug-likeness (QED) is 0.704. The van der Waals surface area contributed by atoms with E-state index in [1.807, 2.05) is 62.4 Å². The van der Waals surface area contributed by atoms with Gasteiger partial charge in [0, 0.05) is 16.8 Å². The minimum absolute atomic E-state index is 0.00978. The summed E-state index contributed by atoms with van der Waals surface area (Å²) in [4.78, 5) is 12.5. The molecular weight excluding hydrogens is 320 g/mol. The van der Waals surface area contributed by atoms with Crippen LogP contribution in [0.4, 0.5) is 5.69 Å². The van der Waals surface area contributed by atoms with Gasteiger partial charge in [-0.15, -0.1) is 0 Å². The number of hydrogen-bond donors (Lipinski definition) is 2. The molecule has 0 aliphatic carbocycles. The van der Waals surface area contributed by atoms with Crippen LogP contribution in [0.2, 0.25) is 0 Å². The lowest BCUT2D eigenvalue weighted by atomic mass is 9.99. The number of rotatable bonds is 6. The molecule has 3 aromatic rings. The molecule has 0 unspecified atom stereocenters. The average Bonchev–Trinajstić information content (AvgIpc) is 2.67. The number of nitrogens with two attached hydrogens (primary N) is 1. The van der Waals surface area contributed by atoms with E-state index in [0.29, 0.717) is 6.54 Å². The van der Waals surface area contributed by atoms with Crippen LogP contribution in [0.1, 0.15) is 28.3 Å². The molecule has 0 fully saturated rings. The third-order valence-corrected chi connectivity index (χ3v) is 4.52. The van der Waals surface area contributed by atoms with Crippen molar-refractivity contribution in [3.63, 3.8) is 0 Å². The topological polar surface area (TPSA) is 45.7 Å². The van der Waals surface area contributed by atoms with Crippen LogP contribution in [0.25, 0.3) is 0 Å². The molecule has 0 bridgehead atoms. The van der Waals surface area contributed by atoms with Crippen molar-refractivity contribution in [2.24, 2.45) is 0 Å². The van der Waals surface area contributed by atoms with E-state index < -0.39 is 0 Å². The summed E-state index contributed by atoms with van der Waals surface area (Å²) in [5, 5.41) is 5.13. The first kappa shape index (κ1) is 17.9. The molecule has 0 aliphatic rings. The fourth-order valence-corrected chi connectivity index (χ4v) is 3.08. The van der Waals surface area contributed by atoms with Gasteiger partial charge in [-0.1, -0.05) is 72.8 Å². The maximum Gasteiger partial charge on any atom is 0.279 e. The number of aryl methyl sites for hydroxylation is 2. The van der Waals surface area contributed by atoms with E-state index in [4.69, 9.17) is 0 Å². The summed E-state index contributed by atoms with van der Waals surface area (Å²) in [6, 6.07) is 26.8. The molecule has 0 heterocycles. The second-order valence-electron chi connectivity index (χ2n) is 6.61. The molecule has 3 N–H and O–H groups in total. The fourth-order valence-electron chi connectivity index (χ4n) is 3.08. The first-order valence-electron chi connectivity index (χ1n) is 8.94. The van der Waals surface area contributed by atoms with Gasteiger partial charge in [0.2, 0.25) is 0 Å². The Hall–Kier alpha value is -2.91. The maximum atomic E-state index is 12.5. The average molecular weight is 345 g/mol. The van der Waals surface area contributed by atoms with Gasteiger partial charge in [0.1, 0.15) is 6.04 Å². The Morgan fingerprint density at radius 2 is 1.46 bits per heavy atom. The summed E-state index contributed by atoms with van der Waals surface area (Å²) in [5.74, 6) is 0.00978. The lowest BCUT2D eigenvalue weighted by Gasteiger charge is -2.17. The third-order valence-electron chi connectivity index (χ3n) is 4.52. The fraction of sp³-hybridized carbons (Fsp3) is 0.174. The van der Waals surface area contributed by atoms with E-state index in [2.05, 4.69) is 41.0 Å². The number of quaternary nitrogens is 1. The number of anilines is 1. The number of hydrogen-bond acceptors (Lipinski definition) is 1. The van der Waals surface area contributed by atoms with Gasteiger partial charge < -0.3 is 10.6 Å². The Morgan fingerprint density at radius 3 is 2.04 bits per heavy atom. The van der Waals surface area contributed by atoms with E-state index in [-0.39, 0.29) is 11.9 Å². The predicted octanol–water partition coefficient (Wildman–Crippen LogP) is 3.59. The van der Waals surface area contributed by atoms with Gasteiger partial charge in [-0.05, 0) is 31.0 Å². The van der Waals surface area contributed by atoms with Gasteiger partial charge in [-0.25, -0.2) is 0 Å². The maximum absolute atomic E-state index is 12.5. The van der Waals surface area contributed by atoms with Crippen LogP contribution < -0.4 is 10.6 Å². The molecule has 0 saturated carbocycles. The van der Waals surface area contributed by atoms with E-state index in [1.54, 1.807) is 0 Å². The van der Waals surface area contributed by atoms with Crippen LogP contribution in [0.5, 0.6) is 0 Å². The number of amides is 1. The Morgan fingerprint density at radius 1 is 0.885 bits per heavy atom. The normalized spacial score (nSPS) is 10.7. The van der Waals surface area contributed by atoms with Crippen LogP contribution in [0.3, 0.4) is 0 Å². The first-order valence-corrected chi connectivity index (χ1v) is 8.94. The van der Waals surface area contributed by atoms with Crippen molar-refractivity contribution >= 4 is 11.6 Å². The van der Waals surface area contributed by atoms with Gasteiger partial charge in [-0.2, -0.15) is 0 Å². The SMILES string of the molecule is Cc1ccc(C)c(NC(=O)C[NH2+]C(c2ccccc2)c2ccccc2)c1. The van der Waals surface area contributed by atoms with Crippen molar-refractivity contribution in [1.82, 2.24) is 0 Å². The first-order chi connectivity index (χ1) is 12.6. The van der Waals surface area contributed by atoms with Crippen molar-refractivity contribution in [3.8, 4) is 0 Å². The highest BCUT2D eigenvalue weighted by Gasteiger charge is 2.18. The summed E-state index contributed by atoms with van der Waals surface area (Å²) in [6.07, 6.45) is 0. The summed E-state index contributed by atoms with van der Waals surface area (Å²) in [7, 11) is 0. The van der Waals surface area contributed by atoms with Crippen molar-refractivity contribution < 1.29 is 10.1 Å². The zero-order chi connectivity index (χ0) is 18.4. The molecule has 3 nitrogen and oxygen atoms in total. The van der Waals surface area contributed by atoms with Crippen molar-refractivity contribution in [3.05, 3.63) is 101 Å². The minimum Gasteiger partial charge on any atom is -0.328 e. The van der Waals surface area contributed by atoms with Crippen LogP contribution in [0.15, 0.2) is 78.9 Å². The highest BCUT2D eigenvalue weighted by atomic mass is 16.1. The molecule has 132 valence electrons. The van der Waals surface area contributed by atoms with Gasteiger partial charge in [0.25, 0.3) is 5.91 Å². The molecule has 0 radical (unpaired) electrons. The Balaban J connectivity index is 1.72. The highest BCUT2D eigenvalue weighted by molar-refractivity contribution is 5.92. The Labute approximate surface area is 155 Å². The molecule has 3 rings (SSSR count). The van der Waals surface area contributed by atoms with E-state index >= 15 is 0 Å². The molecule has 0 aromatic heterocycles. The summed E-state index contributed by atoms with van der Waals surface area (Å²) in [5.41, 5.74) is 5.49. The second-order valence-corrected chi connectivity index (χ2v) is 6.61. The molecule has 0 atom stereocenters. The standard InChI is InChI=1S/C23H24N2O/c1-17-13-14-18(2)21(15-17)25-22(26)16-24-23(19-9-5-3-6-10-19)20-11-7-4-8-12-20/h3-15,23-24H,16H2,1-2H3,(H,25,26)/p+1. The van der Waals surface area contributed by atoms with Gasteiger partial charge >= 0.3 is 0 Å². The zero-order valence-electron chi connectivity index (χ0n) is 15.3. The van der Waals surface area contributed by atoms with Crippen LogP contribution in [0, 0.1) is 13.8 Å². The smallest absolute Gasteiger partial charge is 0.279 e. The number of nitrogens with one attached hydrogen (secondary N) is 1. The Bertz CT molecular complexity index is 820. The summed E-state index contributed by atoms with van der Waals surface area (Å²) in [6.45, 7) is 4.40. The van der Waals surface area contributed by atoms with E-state index in [9.17, 15) is 4.79 Å². The Kier molecular flexibility index (Phi) is 5.82.